The van der Waals surface area contributed by atoms with E-state index >= 15 is 4.39 Å². The molecule has 0 bridgehead atoms. The number of alkyl halides is 2. The Morgan fingerprint density at radius 1 is 1.29 bits per heavy atom. The molecule has 4 rings (SSSR count). The molecule has 0 saturated carbocycles. The van der Waals surface area contributed by atoms with E-state index in [1.54, 1.807) is 0 Å². The van der Waals surface area contributed by atoms with E-state index in [1.807, 2.05) is 0 Å². The number of aromatic nitrogens is 3. The number of nitrogens with one attached hydrogen (secondary N) is 1. The highest BCUT2D eigenvalue weighted by molar-refractivity contribution is 8.15. The van der Waals surface area contributed by atoms with E-state index in [9.17, 15) is 18.0 Å². The third kappa shape index (κ3) is 5.04. The number of halogens is 4. The number of aliphatic imine (C=N–C) groups is 1. The van der Waals surface area contributed by atoms with Crippen molar-refractivity contribution in [2.45, 2.75) is 51.0 Å². The lowest BCUT2D eigenvalue weighted by molar-refractivity contribution is 0.0571. The quantitative estimate of drug-likeness (QED) is 0.400. The number of ether oxygens (including phenoxy) is 1. The maximum absolute atomic E-state index is 15.1. The summed E-state index contributed by atoms with van der Waals surface area (Å²) in [6, 6.07) is 1.93. The number of amides is 1. The van der Waals surface area contributed by atoms with Crippen LogP contribution >= 0.6 is 11.8 Å². The molecule has 14 heteroatoms. The van der Waals surface area contributed by atoms with Crippen LogP contribution in [0, 0.1) is 24.5 Å². The summed E-state index contributed by atoms with van der Waals surface area (Å²) in [7, 11) is 0. The van der Waals surface area contributed by atoms with E-state index in [1.165, 1.54) is 46.4 Å². The molecule has 1 aliphatic rings. The van der Waals surface area contributed by atoms with E-state index < -0.39 is 40.2 Å². The first-order valence-electron chi connectivity index (χ1n) is 11.3. The smallest absolute Gasteiger partial charge is 0.276 e. The number of anilines is 1. The van der Waals surface area contributed by atoms with Crippen LogP contribution in [-0.4, -0.2) is 37.2 Å². The van der Waals surface area contributed by atoms with Crippen LogP contribution in [0.1, 0.15) is 48.4 Å². The molecule has 0 aliphatic carbocycles. The fourth-order valence-corrected chi connectivity index (χ4v) is 5.36. The minimum atomic E-state index is -2.82. The van der Waals surface area contributed by atoms with Crippen LogP contribution in [0.5, 0.6) is 5.88 Å². The van der Waals surface area contributed by atoms with E-state index in [0.29, 0.717) is 17.7 Å². The summed E-state index contributed by atoms with van der Waals surface area (Å²) in [6.45, 7) is 5.69. The molecule has 9 nitrogen and oxygen atoms in total. The fourth-order valence-electron chi connectivity index (χ4n) is 4.18. The number of hydrogen-bond donors (Lipinski definition) is 2. The van der Waals surface area contributed by atoms with Gasteiger partial charge in [0.2, 0.25) is 11.8 Å². The molecule has 38 heavy (non-hydrogen) atoms. The molecule has 0 fully saturated rings. The normalized spacial score (nSPS) is 23.3. The van der Waals surface area contributed by atoms with Gasteiger partial charge in [-0.15, -0.1) is 0 Å². The second-order valence-corrected chi connectivity index (χ2v) is 10.5. The van der Waals surface area contributed by atoms with Gasteiger partial charge in [0.25, 0.3) is 12.3 Å². The average molecular weight is 553 g/mol. The molecule has 3 aromatic rings. The van der Waals surface area contributed by atoms with Crippen molar-refractivity contribution < 1.29 is 31.5 Å². The van der Waals surface area contributed by atoms with Gasteiger partial charge >= 0.3 is 0 Å². The third-order valence-electron chi connectivity index (χ3n) is 6.60. The second kappa shape index (κ2) is 10.2. The minimum absolute atomic E-state index is 0.00239. The van der Waals surface area contributed by atoms with Crippen LogP contribution < -0.4 is 15.8 Å². The summed E-state index contributed by atoms with van der Waals surface area (Å²) >= 11 is 0.687. The summed E-state index contributed by atoms with van der Waals surface area (Å²) in [6.07, 6.45) is 1.24. The maximum atomic E-state index is 15.1. The zero-order chi connectivity index (χ0) is 27.8. The summed E-state index contributed by atoms with van der Waals surface area (Å²) in [5, 5.41) is 2.28. The highest BCUT2D eigenvalue weighted by atomic mass is 32.2. The van der Waals surface area contributed by atoms with Gasteiger partial charge in [-0.05, 0) is 26.8 Å². The number of hydrogen-bond acceptors (Lipinski definition) is 9. The molecule has 1 aromatic carbocycles. The summed E-state index contributed by atoms with van der Waals surface area (Å²) in [5.74, 6) is -3.87. The largest absolute Gasteiger partial charge is 0.467 e. The molecule has 1 amide bonds. The number of oxazole rings is 1. The Morgan fingerprint density at radius 2 is 2.03 bits per heavy atom. The number of amidine groups is 1. The second-order valence-electron chi connectivity index (χ2n) is 9.04. The Morgan fingerprint density at radius 3 is 2.66 bits per heavy atom. The van der Waals surface area contributed by atoms with Crippen molar-refractivity contribution in [3.63, 3.8) is 0 Å². The summed E-state index contributed by atoms with van der Waals surface area (Å²) in [5.41, 5.74) is 3.84. The molecule has 3 N–H and O–H groups in total. The number of nitrogens with zero attached hydrogens (tertiary/aromatic N) is 4. The molecule has 0 saturated heterocycles. The average Bonchev–Trinajstić information content (AvgIpc) is 3.37. The number of rotatable bonds is 7. The van der Waals surface area contributed by atoms with Gasteiger partial charge < -0.3 is 20.2 Å². The number of carbonyl (C=O) groups is 1. The van der Waals surface area contributed by atoms with Crippen molar-refractivity contribution in [2.75, 3.05) is 5.32 Å². The number of carbonyl (C=O) groups excluding carboxylic acids is 1. The molecular formula is C24H24F4N6O3S. The Balaban J connectivity index is 1.61. The third-order valence-corrected chi connectivity index (χ3v) is 7.87. The van der Waals surface area contributed by atoms with E-state index in [2.05, 4.69) is 25.3 Å². The predicted molar refractivity (Wildman–Crippen MR) is 132 cm³/mol. The molecule has 0 spiro atoms. The molecule has 3 atom stereocenters. The van der Waals surface area contributed by atoms with Gasteiger partial charge in [-0.25, -0.2) is 32.5 Å². The van der Waals surface area contributed by atoms with Crippen LogP contribution in [0.2, 0.25) is 0 Å². The molecular weight excluding hydrogens is 528 g/mol. The molecule has 0 radical (unpaired) electrons. The van der Waals surface area contributed by atoms with Crippen molar-refractivity contribution >= 4 is 28.5 Å². The maximum Gasteiger partial charge on any atom is 0.276 e. The lowest BCUT2D eigenvalue weighted by Crippen LogP contribution is -2.52. The van der Waals surface area contributed by atoms with Crippen LogP contribution in [0.25, 0.3) is 0 Å². The van der Waals surface area contributed by atoms with Crippen LogP contribution in [0.4, 0.5) is 23.2 Å². The number of benzene rings is 1. The number of aryl methyl sites for hydroxylation is 1. The minimum Gasteiger partial charge on any atom is -0.467 e. The Labute approximate surface area is 219 Å². The molecule has 202 valence electrons. The SMILES string of the molecule is Cc1nc(OCc2ncco2)cnc1C(=O)Nc1cc(F)c(F)c([C@@]2(C)N=C(N)S[C@](C)(C(F)F)[C@H]2C)c1. The van der Waals surface area contributed by atoms with Gasteiger partial charge in [-0.3, -0.25) is 9.79 Å². The van der Waals surface area contributed by atoms with Gasteiger partial charge in [0.05, 0.1) is 28.4 Å². The Bertz CT molecular complexity index is 1390. The molecule has 0 unspecified atom stereocenters. The lowest BCUT2D eigenvalue weighted by atomic mass is 9.73. The van der Waals surface area contributed by atoms with Crippen molar-refractivity contribution in [3.05, 3.63) is 65.3 Å². The summed E-state index contributed by atoms with van der Waals surface area (Å²) in [4.78, 5) is 29.3. The van der Waals surface area contributed by atoms with E-state index in [0.717, 1.165) is 12.1 Å². The van der Waals surface area contributed by atoms with Gasteiger partial charge in [-0.2, -0.15) is 0 Å². The molecule has 1 aliphatic heterocycles. The Kier molecular flexibility index (Phi) is 7.37. The van der Waals surface area contributed by atoms with Crippen LogP contribution in [0.3, 0.4) is 0 Å². The van der Waals surface area contributed by atoms with Gasteiger partial charge in [-0.1, -0.05) is 18.7 Å². The fraction of sp³-hybridized carbons (Fsp3) is 0.375. The van der Waals surface area contributed by atoms with Crippen molar-refractivity contribution in [2.24, 2.45) is 16.6 Å². The number of nitrogens with two attached hydrogens (primary N) is 1. The lowest BCUT2D eigenvalue weighted by Gasteiger charge is -2.46. The van der Waals surface area contributed by atoms with Gasteiger partial charge in [0, 0.05) is 23.2 Å². The first-order valence-corrected chi connectivity index (χ1v) is 12.1. The Hall–Kier alpha value is -3.68. The molecule has 3 heterocycles. The van der Waals surface area contributed by atoms with E-state index in [-0.39, 0.29) is 40.3 Å². The van der Waals surface area contributed by atoms with Crippen molar-refractivity contribution in [1.82, 2.24) is 15.0 Å². The van der Waals surface area contributed by atoms with Gasteiger partial charge in [0.15, 0.2) is 23.4 Å². The molecule has 2 aromatic heterocycles. The first kappa shape index (κ1) is 27.4. The highest BCUT2D eigenvalue weighted by Crippen LogP contribution is 2.53. The van der Waals surface area contributed by atoms with Crippen molar-refractivity contribution in [3.8, 4) is 5.88 Å². The zero-order valence-electron chi connectivity index (χ0n) is 20.8. The standard InChI is InChI=1S/C24H24F4N6O3S/c1-11-19(31-9-16(32-11)37-10-17-30-5-6-36-17)20(35)33-13-7-14(18(26)15(25)8-13)23(3)12(2)24(4,21(27)28)38-22(29)34-23/h5-9,12,21H,10H2,1-4H3,(H2,29,34)(H,33,35)/t12-,23-,24-/m0/s1. The predicted octanol–water partition coefficient (Wildman–Crippen LogP) is 4.82. The first-order chi connectivity index (χ1) is 17.8. The van der Waals surface area contributed by atoms with Crippen LogP contribution in [-0.2, 0) is 12.1 Å². The monoisotopic (exact) mass is 552 g/mol. The van der Waals surface area contributed by atoms with E-state index in [4.69, 9.17) is 14.9 Å². The summed E-state index contributed by atoms with van der Waals surface area (Å²) < 4.78 is 66.6. The number of thioether (sulfide) groups is 1. The highest BCUT2D eigenvalue weighted by Gasteiger charge is 2.54. The topological polar surface area (TPSA) is 129 Å². The zero-order valence-corrected chi connectivity index (χ0v) is 21.6. The van der Waals surface area contributed by atoms with Crippen molar-refractivity contribution in [1.29, 1.82) is 0 Å². The van der Waals surface area contributed by atoms with Gasteiger partial charge in [0.1, 0.15) is 12.0 Å². The van der Waals surface area contributed by atoms with Crippen LogP contribution in [0.15, 0.2) is 40.2 Å².